The fourth-order valence-corrected chi connectivity index (χ4v) is 2.62. The molecule has 0 fully saturated rings. The number of carbonyl (C=O) groups excluding carboxylic acids is 1. The molecule has 7 nitrogen and oxygen atoms in total. The largest absolute Gasteiger partial charge is 0.379 e. The second kappa shape index (κ2) is 6.93. The summed E-state index contributed by atoms with van der Waals surface area (Å²) in [6.45, 7) is 1.86. The van der Waals surface area contributed by atoms with Crippen LogP contribution in [0.5, 0.6) is 5.75 Å². The zero-order chi connectivity index (χ0) is 16.9. The normalized spacial score (nSPS) is 11.3. The third-order valence-corrected chi connectivity index (χ3v) is 4.02. The number of nitrogens with one attached hydrogen (secondary N) is 1. The summed E-state index contributed by atoms with van der Waals surface area (Å²) in [5.41, 5.74) is 8.40. The lowest BCUT2D eigenvalue weighted by molar-refractivity contribution is 0.249. The number of primary amides is 1. The summed E-state index contributed by atoms with van der Waals surface area (Å²) in [5.74, 6) is 0.133. The van der Waals surface area contributed by atoms with Gasteiger partial charge in [-0.25, -0.2) is 10.2 Å². The molecule has 0 heterocycles. The van der Waals surface area contributed by atoms with Crippen molar-refractivity contribution in [3.05, 3.63) is 59.7 Å². The highest BCUT2D eigenvalue weighted by Gasteiger charge is 2.16. The first-order valence-corrected chi connectivity index (χ1v) is 7.97. The number of nitrogens with zero attached hydrogens (tertiary/aromatic N) is 1. The molecule has 0 spiro atoms. The Labute approximate surface area is 133 Å². The molecule has 0 saturated carbocycles. The molecule has 2 aromatic carbocycles. The van der Waals surface area contributed by atoms with Crippen molar-refractivity contribution < 1.29 is 17.4 Å². The van der Waals surface area contributed by atoms with Crippen LogP contribution < -0.4 is 15.3 Å². The molecule has 8 heteroatoms. The van der Waals surface area contributed by atoms with Crippen LogP contribution in [0.3, 0.4) is 0 Å². The first-order chi connectivity index (χ1) is 10.9. The minimum absolute atomic E-state index is 0.0672. The van der Waals surface area contributed by atoms with Gasteiger partial charge in [-0.05, 0) is 36.8 Å². The molecule has 3 N–H and O–H groups in total. The van der Waals surface area contributed by atoms with E-state index in [-0.39, 0.29) is 10.6 Å². The maximum Gasteiger partial charge on any atom is 0.339 e. The number of rotatable bonds is 5. The van der Waals surface area contributed by atoms with E-state index < -0.39 is 16.1 Å². The summed E-state index contributed by atoms with van der Waals surface area (Å²) in [5, 5.41) is 3.59. The third kappa shape index (κ3) is 4.82. The lowest BCUT2D eigenvalue weighted by atomic mass is 10.2. The van der Waals surface area contributed by atoms with Crippen molar-refractivity contribution in [1.82, 2.24) is 5.43 Å². The van der Waals surface area contributed by atoms with Gasteiger partial charge in [-0.15, -0.1) is 0 Å². The van der Waals surface area contributed by atoms with Gasteiger partial charge in [0.2, 0.25) is 0 Å². The third-order valence-electron chi connectivity index (χ3n) is 2.76. The molecule has 0 aliphatic rings. The molecule has 120 valence electrons. The second-order valence-electron chi connectivity index (χ2n) is 4.66. The second-order valence-corrected chi connectivity index (χ2v) is 6.20. The number of hydrazone groups is 1. The molecule has 0 atom stereocenters. The number of hydrogen-bond acceptors (Lipinski definition) is 5. The highest BCUT2D eigenvalue weighted by atomic mass is 32.2. The van der Waals surface area contributed by atoms with Crippen LogP contribution in [0.15, 0.2) is 58.5 Å². The smallest absolute Gasteiger partial charge is 0.339 e. The van der Waals surface area contributed by atoms with Crippen molar-refractivity contribution in [2.75, 3.05) is 0 Å². The van der Waals surface area contributed by atoms with Crippen LogP contribution in [0.4, 0.5) is 4.79 Å². The van der Waals surface area contributed by atoms with Crippen LogP contribution in [0, 0.1) is 6.92 Å². The molecule has 0 aliphatic carbocycles. The fourth-order valence-electron chi connectivity index (χ4n) is 1.70. The van der Waals surface area contributed by atoms with Gasteiger partial charge in [0.05, 0.1) is 6.21 Å². The monoisotopic (exact) mass is 333 g/mol. The Morgan fingerprint density at radius 3 is 2.57 bits per heavy atom. The van der Waals surface area contributed by atoms with E-state index in [1.165, 1.54) is 30.5 Å². The quantitative estimate of drug-likeness (QED) is 0.493. The lowest BCUT2D eigenvalue weighted by Gasteiger charge is -2.07. The van der Waals surface area contributed by atoms with E-state index in [1.54, 1.807) is 24.3 Å². The van der Waals surface area contributed by atoms with Gasteiger partial charge in [0, 0.05) is 0 Å². The van der Waals surface area contributed by atoms with Crippen molar-refractivity contribution in [2.45, 2.75) is 11.8 Å². The average molecular weight is 333 g/mol. The van der Waals surface area contributed by atoms with Gasteiger partial charge in [0.15, 0.2) is 0 Å². The van der Waals surface area contributed by atoms with Gasteiger partial charge in [0.1, 0.15) is 10.6 Å². The highest BCUT2D eigenvalue weighted by Crippen LogP contribution is 2.19. The molecular formula is C15H15N3O4S. The average Bonchev–Trinajstić information content (AvgIpc) is 2.47. The molecule has 0 aromatic heterocycles. The summed E-state index contributed by atoms with van der Waals surface area (Å²) in [7, 11) is -3.92. The Morgan fingerprint density at radius 1 is 1.22 bits per heavy atom. The Hall–Kier alpha value is -2.87. The number of carbonyl (C=O) groups is 1. The van der Waals surface area contributed by atoms with Crippen LogP contribution in [0.2, 0.25) is 0 Å². The molecule has 0 radical (unpaired) electrons. The first kappa shape index (κ1) is 16.5. The number of nitrogens with two attached hydrogens (primary N) is 1. The van der Waals surface area contributed by atoms with Gasteiger partial charge in [0.25, 0.3) is 0 Å². The maximum atomic E-state index is 12.2. The predicted octanol–water partition coefficient (Wildman–Crippen LogP) is 1.76. The lowest BCUT2D eigenvalue weighted by Crippen LogP contribution is -2.24. The number of aryl methyl sites for hydroxylation is 1. The molecule has 2 amide bonds. The molecule has 23 heavy (non-hydrogen) atoms. The molecule has 2 rings (SSSR count). The predicted molar refractivity (Wildman–Crippen MR) is 85.7 cm³/mol. The molecular weight excluding hydrogens is 318 g/mol. The summed E-state index contributed by atoms with van der Waals surface area (Å²) in [6.07, 6.45) is 1.32. The van der Waals surface area contributed by atoms with Crippen LogP contribution in [-0.2, 0) is 10.1 Å². The molecule has 0 saturated heterocycles. The van der Waals surface area contributed by atoms with Gasteiger partial charge < -0.3 is 9.92 Å². The summed E-state index contributed by atoms with van der Waals surface area (Å²) < 4.78 is 29.5. The first-order valence-electron chi connectivity index (χ1n) is 6.56. The number of hydrogen-bond donors (Lipinski definition) is 2. The SMILES string of the molecule is Cc1ccc(S(=O)(=O)Oc2cccc(/C=N\NC(N)=O)c2)cc1. The van der Waals surface area contributed by atoms with Crippen LogP contribution in [0.1, 0.15) is 11.1 Å². The minimum atomic E-state index is -3.92. The van der Waals surface area contributed by atoms with Crippen molar-refractivity contribution >= 4 is 22.4 Å². The fraction of sp³-hybridized carbons (Fsp3) is 0.0667. The summed E-state index contributed by atoms with van der Waals surface area (Å²) in [6, 6.07) is 11.8. The van der Waals surface area contributed by atoms with Crippen molar-refractivity contribution in [2.24, 2.45) is 10.8 Å². The van der Waals surface area contributed by atoms with E-state index >= 15 is 0 Å². The molecule has 2 aromatic rings. The number of amides is 2. The zero-order valence-electron chi connectivity index (χ0n) is 12.3. The highest BCUT2D eigenvalue weighted by molar-refractivity contribution is 7.87. The van der Waals surface area contributed by atoms with Gasteiger partial charge >= 0.3 is 16.1 Å². The van der Waals surface area contributed by atoms with Gasteiger partial charge in [-0.1, -0.05) is 29.8 Å². The van der Waals surface area contributed by atoms with Gasteiger partial charge in [-0.3, -0.25) is 0 Å². The maximum absolute atomic E-state index is 12.2. The minimum Gasteiger partial charge on any atom is -0.379 e. The molecule has 0 unspecified atom stereocenters. The Morgan fingerprint density at radius 2 is 1.91 bits per heavy atom. The number of urea groups is 1. The Bertz CT molecular complexity index is 830. The van der Waals surface area contributed by atoms with Crippen molar-refractivity contribution in [3.8, 4) is 5.75 Å². The summed E-state index contributed by atoms with van der Waals surface area (Å²) >= 11 is 0. The summed E-state index contributed by atoms with van der Waals surface area (Å²) in [4.78, 5) is 10.6. The standard InChI is InChI=1S/C15H15N3O4S/c1-11-5-7-14(8-6-11)23(20,21)22-13-4-2-3-12(9-13)10-17-18-15(16)19/h2-10H,1H3,(H3,16,18,19)/b17-10-. The Balaban J connectivity index is 2.18. The van der Waals surface area contributed by atoms with E-state index in [9.17, 15) is 13.2 Å². The molecule has 0 bridgehead atoms. The van der Waals surface area contributed by atoms with Crippen LogP contribution in [-0.4, -0.2) is 20.7 Å². The van der Waals surface area contributed by atoms with E-state index in [0.29, 0.717) is 5.56 Å². The Kier molecular flexibility index (Phi) is 4.97. The van der Waals surface area contributed by atoms with E-state index in [2.05, 4.69) is 5.10 Å². The molecule has 0 aliphatic heterocycles. The van der Waals surface area contributed by atoms with Crippen molar-refractivity contribution in [3.63, 3.8) is 0 Å². The van der Waals surface area contributed by atoms with E-state index in [0.717, 1.165) is 5.56 Å². The van der Waals surface area contributed by atoms with Crippen LogP contribution in [0.25, 0.3) is 0 Å². The number of benzene rings is 2. The van der Waals surface area contributed by atoms with Crippen LogP contribution >= 0.6 is 0 Å². The van der Waals surface area contributed by atoms with E-state index in [4.69, 9.17) is 9.92 Å². The topological polar surface area (TPSA) is 111 Å². The van der Waals surface area contributed by atoms with Gasteiger partial charge in [-0.2, -0.15) is 13.5 Å². The van der Waals surface area contributed by atoms with E-state index in [1.807, 2.05) is 12.3 Å². The zero-order valence-corrected chi connectivity index (χ0v) is 13.1. The van der Waals surface area contributed by atoms with Crippen molar-refractivity contribution in [1.29, 1.82) is 0 Å².